The molecule has 9 nitrogen and oxygen atoms in total. The molecule has 1 heterocycles. The summed E-state index contributed by atoms with van der Waals surface area (Å²) < 4.78 is 5.14. The lowest BCUT2D eigenvalue weighted by molar-refractivity contribution is -0.387. The normalized spacial score (nSPS) is 10.2. The maximum absolute atomic E-state index is 12.4. The van der Waals surface area contributed by atoms with Gasteiger partial charge in [-0.2, -0.15) is 0 Å². The first kappa shape index (κ1) is 19.1. The predicted molar refractivity (Wildman–Crippen MR) is 103 cm³/mol. The molecule has 0 atom stereocenters. The predicted octanol–water partition coefficient (Wildman–Crippen LogP) is 3.30. The molecule has 0 aliphatic rings. The van der Waals surface area contributed by atoms with Crippen LogP contribution in [0.25, 0.3) is 0 Å². The highest BCUT2D eigenvalue weighted by atomic mass is 32.2. The number of amides is 1. The number of benzene rings is 2. The van der Waals surface area contributed by atoms with Crippen LogP contribution in [0.1, 0.15) is 10.4 Å². The quantitative estimate of drug-likeness (QED) is 0.354. The third kappa shape index (κ3) is 4.35. The number of nitro groups is 1. The molecular weight excluding hydrogens is 382 g/mol. The average Bonchev–Trinajstić information content (AvgIpc) is 2.72. The van der Waals surface area contributed by atoms with E-state index in [2.05, 4.69) is 20.8 Å². The van der Waals surface area contributed by atoms with Gasteiger partial charge in [-0.1, -0.05) is 42.1 Å². The van der Waals surface area contributed by atoms with Crippen LogP contribution in [-0.2, 0) is 0 Å². The van der Waals surface area contributed by atoms with Crippen LogP contribution in [0.5, 0.6) is 5.75 Å². The zero-order valence-corrected chi connectivity index (χ0v) is 15.5. The lowest BCUT2D eigenvalue weighted by atomic mass is 10.2. The zero-order chi connectivity index (χ0) is 19.9. The minimum atomic E-state index is -0.594. The van der Waals surface area contributed by atoms with Crippen molar-refractivity contribution >= 4 is 29.2 Å². The van der Waals surface area contributed by atoms with E-state index in [9.17, 15) is 14.9 Å². The molecule has 28 heavy (non-hydrogen) atoms. The third-order valence-corrected chi connectivity index (χ3v) is 4.58. The number of methoxy groups -OCH3 is 1. The summed E-state index contributed by atoms with van der Waals surface area (Å²) >= 11 is 1.13. The van der Waals surface area contributed by atoms with Crippen molar-refractivity contribution in [2.45, 2.75) is 9.92 Å². The third-order valence-electron chi connectivity index (χ3n) is 3.58. The van der Waals surface area contributed by atoms with Crippen molar-refractivity contribution < 1.29 is 14.5 Å². The van der Waals surface area contributed by atoms with E-state index in [4.69, 9.17) is 4.74 Å². The Hall–Kier alpha value is -3.66. The van der Waals surface area contributed by atoms with Crippen LogP contribution in [0.4, 0.5) is 11.5 Å². The molecule has 10 heteroatoms. The fraction of sp³-hybridized carbons (Fsp3) is 0.0556. The summed E-state index contributed by atoms with van der Waals surface area (Å²) in [4.78, 5) is 32.1. The van der Waals surface area contributed by atoms with Crippen molar-refractivity contribution in [2.75, 3.05) is 12.5 Å². The molecule has 0 saturated carbocycles. The lowest BCUT2D eigenvalue weighted by Crippen LogP contribution is -2.30. The Balaban J connectivity index is 1.83. The van der Waals surface area contributed by atoms with E-state index in [1.54, 1.807) is 24.3 Å². The summed E-state index contributed by atoms with van der Waals surface area (Å²) in [7, 11) is 1.45. The largest absolute Gasteiger partial charge is 0.496 e. The minimum Gasteiger partial charge on any atom is -0.496 e. The maximum atomic E-state index is 12.4. The fourth-order valence-electron chi connectivity index (χ4n) is 2.31. The molecule has 0 aliphatic heterocycles. The van der Waals surface area contributed by atoms with E-state index in [1.807, 2.05) is 30.3 Å². The van der Waals surface area contributed by atoms with Crippen LogP contribution in [0.15, 0.2) is 70.8 Å². The van der Waals surface area contributed by atoms with Crippen LogP contribution in [0, 0.1) is 10.1 Å². The van der Waals surface area contributed by atoms with Crippen molar-refractivity contribution in [2.24, 2.45) is 0 Å². The van der Waals surface area contributed by atoms with Gasteiger partial charge < -0.3 is 4.74 Å². The highest BCUT2D eigenvalue weighted by Gasteiger charge is 2.24. The molecule has 0 radical (unpaired) electrons. The number of carbonyl (C=O) groups is 1. The van der Waals surface area contributed by atoms with Gasteiger partial charge in [-0.15, -0.1) is 0 Å². The monoisotopic (exact) mass is 397 g/mol. The molecule has 0 saturated heterocycles. The molecule has 2 N–H and O–H groups in total. The van der Waals surface area contributed by atoms with Crippen molar-refractivity contribution in [3.05, 3.63) is 76.6 Å². The second kappa shape index (κ2) is 8.82. The van der Waals surface area contributed by atoms with Crippen molar-refractivity contribution in [3.8, 4) is 5.75 Å². The first-order valence-electron chi connectivity index (χ1n) is 8.02. The highest BCUT2D eigenvalue weighted by molar-refractivity contribution is 7.99. The first-order valence-corrected chi connectivity index (χ1v) is 8.83. The van der Waals surface area contributed by atoms with Gasteiger partial charge in [0.25, 0.3) is 5.91 Å². The molecule has 1 aromatic heterocycles. The molecule has 0 spiro atoms. The number of carbonyl (C=O) groups excluding carboxylic acids is 1. The molecule has 0 unspecified atom stereocenters. The lowest BCUT2D eigenvalue weighted by Gasteiger charge is -2.11. The van der Waals surface area contributed by atoms with Crippen molar-refractivity contribution in [1.82, 2.24) is 15.4 Å². The summed E-state index contributed by atoms with van der Waals surface area (Å²) in [5.74, 6) is -0.274. The molecule has 0 aliphatic carbocycles. The number of rotatable bonds is 7. The second-order valence-corrected chi connectivity index (χ2v) is 6.39. The van der Waals surface area contributed by atoms with E-state index in [0.717, 1.165) is 16.7 Å². The minimum absolute atomic E-state index is 0.123. The maximum Gasteiger partial charge on any atom is 0.345 e. The van der Waals surface area contributed by atoms with Crippen LogP contribution < -0.4 is 15.6 Å². The number of hydrogen-bond acceptors (Lipinski definition) is 8. The molecule has 0 fully saturated rings. The van der Waals surface area contributed by atoms with E-state index in [1.165, 1.54) is 13.4 Å². The summed E-state index contributed by atoms with van der Waals surface area (Å²) in [5.41, 5.74) is 4.85. The Morgan fingerprint density at radius 2 is 1.82 bits per heavy atom. The van der Waals surface area contributed by atoms with E-state index in [0.29, 0.717) is 5.75 Å². The summed E-state index contributed by atoms with van der Waals surface area (Å²) in [6.07, 6.45) is 1.19. The van der Waals surface area contributed by atoms with Crippen LogP contribution in [-0.4, -0.2) is 27.9 Å². The first-order chi connectivity index (χ1) is 13.6. The van der Waals surface area contributed by atoms with Crippen molar-refractivity contribution in [1.29, 1.82) is 0 Å². The van der Waals surface area contributed by atoms with Crippen LogP contribution in [0.3, 0.4) is 0 Å². The van der Waals surface area contributed by atoms with E-state index >= 15 is 0 Å². The summed E-state index contributed by atoms with van der Waals surface area (Å²) in [6, 6.07) is 15.7. The Morgan fingerprint density at radius 1 is 1.11 bits per heavy atom. The van der Waals surface area contributed by atoms with Gasteiger partial charge in [0.1, 0.15) is 12.1 Å². The van der Waals surface area contributed by atoms with Gasteiger partial charge in [0.05, 0.1) is 17.6 Å². The summed E-state index contributed by atoms with van der Waals surface area (Å²) in [6.45, 7) is 0. The van der Waals surface area contributed by atoms with Gasteiger partial charge in [0, 0.05) is 4.90 Å². The number of ether oxygens (including phenoxy) is 1. The van der Waals surface area contributed by atoms with Crippen molar-refractivity contribution in [3.63, 3.8) is 0 Å². The fourth-order valence-corrected chi connectivity index (χ4v) is 3.19. The Labute approximate surface area is 164 Å². The summed E-state index contributed by atoms with van der Waals surface area (Å²) in [5, 5.41) is 11.7. The number of hydrogen-bond donors (Lipinski definition) is 2. The standard InChI is InChI=1S/C18H15N5O4S/c1-27-14-10-6-5-9-13(14)17(24)22-21-16-15(23(25)26)18(20-11-19-16)28-12-7-3-2-4-8-12/h2-11H,1H3,(H,22,24)(H,19,20,21). The zero-order valence-electron chi connectivity index (χ0n) is 14.7. The number of nitrogens with zero attached hydrogens (tertiary/aromatic N) is 3. The Morgan fingerprint density at radius 3 is 2.54 bits per heavy atom. The second-order valence-electron chi connectivity index (χ2n) is 5.33. The smallest absolute Gasteiger partial charge is 0.345 e. The SMILES string of the molecule is COc1ccccc1C(=O)NNc1ncnc(Sc2ccccc2)c1[N+](=O)[O-]. The molecule has 3 rings (SSSR count). The van der Waals surface area contributed by atoms with Gasteiger partial charge in [-0.05, 0) is 24.3 Å². The van der Waals surface area contributed by atoms with Crippen LogP contribution >= 0.6 is 11.8 Å². The molecular formula is C18H15N5O4S. The average molecular weight is 397 g/mol. The molecule has 2 aromatic carbocycles. The van der Waals surface area contributed by atoms with Gasteiger partial charge in [0.15, 0.2) is 5.03 Å². The number of aromatic nitrogens is 2. The van der Waals surface area contributed by atoms with Gasteiger partial charge >= 0.3 is 5.69 Å². The molecule has 3 aromatic rings. The van der Waals surface area contributed by atoms with Gasteiger partial charge in [-0.3, -0.25) is 25.8 Å². The number of para-hydroxylation sites is 1. The van der Waals surface area contributed by atoms with E-state index < -0.39 is 10.8 Å². The molecule has 0 bridgehead atoms. The number of hydrazine groups is 1. The number of nitrogens with one attached hydrogen (secondary N) is 2. The Bertz CT molecular complexity index is 1000. The number of anilines is 1. The van der Waals surface area contributed by atoms with E-state index in [-0.39, 0.29) is 22.1 Å². The van der Waals surface area contributed by atoms with Gasteiger partial charge in [0.2, 0.25) is 5.82 Å². The van der Waals surface area contributed by atoms with Crippen LogP contribution in [0.2, 0.25) is 0 Å². The highest BCUT2D eigenvalue weighted by Crippen LogP contribution is 2.36. The topological polar surface area (TPSA) is 119 Å². The van der Waals surface area contributed by atoms with Gasteiger partial charge in [-0.25, -0.2) is 9.97 Å². The molecule has 1 amide bonds. The Kier molecular flexibility index (Phi) is 6.02. The molecule has 142 valence electrons.